The molecule has 0 saturated carbocycles. The molecule has 0 radical (unpaired) electrons. The van der Waals surface area contributed by atoms with Crippen molar-refractivity contribution in [3.63, 3.8) is 0 Å². The van der Waals surface area contributed by atoms with Crippen LogP contribution in [-0.2, 0) is 32.1 Å². The molecule has 2 aromatic carbocycles. The SMILES string of the molecule is O=C(CCCCCNCC(O)c1ccc(O)c(CO)c1)OCCc1ccccc1.O=C(O)C(=O)O. The minimum Gasteiger partial charge on any atom is -0.508 e. The second-order valence-electron chi connectivity index (χ2n) is 7.64. The Morgan fingerprint density at radius 2 is 1.63 bits per heavy atom. The summed E-state index contributed by atoms with van der Waals surface area (Å²) >= 11 is 0. The molecule has 10 nitrogen and oxygen atoms in total. The Bertz CT molecular complexity index is 906. The molecule has 0 bridgehead atoms. The highest BCUT2D eigenvalue weighted by atomic mass is 16.5. The largest absolute Gasteiger partial charge is 0.508 e. The van der Waals surface area contributed by atoms with Gasteiger partial charge in [-0.2, -0.15) is 0 Å². The van der Waals surface area contributed by atoms with Gasteiger partial charge in [-0.15, -0.1) is 0 Å². The van der Waals surface area contributed by atoms with Gasteiger partial charge in [0.1, 0.15) is 5.75 Å². The minimum atomic E-state index is -1.82. The summed E-state index contributed by atoms with van der Waals surface area (Å²) < 4.78 is 5.26. The molecule has 2 aromatic rings. The number of hydrogen-bond donors (Lipinski definition) is 6. The normalized spacial score (nSPS) is 11.1. The van der Waals surface area contributed by atoms with Crippen molar-refractivity contribution < 1.29 is 44.7 Å². The number of aromatic hydroxyl groups is 1. The smallest absolute Gasteiger partial charge is 0.414 e. The van der Waals surface area contributed by atoms with Crippen molar-refractivity contribution >= 4 is 17.9 Å². The summed E-state index contributed by atoms with van der Waals surface area (Å²) in [5, 5.41) is 46.9. The molecule has 0 heterocycles. The molecule has 0 aliphatic rings. The van der Waals surface area contributed by atoms with E-state index in [1.807, 2.05) is 30.3 Å². The van der Waals surface area contributed by atoms with Gasteiger partial charge in [0.2, 0.25) is 0 Å². The fourth-order valence-electron chi connectivity index (χ4n) is 2.99. The van der Waals surface area contributed by atoms with Gasteiger partial charge < -0.3 is 35.6 Å². The number of ether oxygens (including phenoxy) is 1. The Labute approximate surface area is 203 Å². The van der Waals surface area contributed by atoms with Crippen molar-refractivity contribution in [2.24, 2.45) is 0 Å². The van der Waals surface area contributed by atoms with Crippen molar-refractivity contribution in [1.29, 1.82) is 0 Å². The second kappa shape index (κ2) is 17.0. The van der Waals surface area contributed by atoms with E-state index in [2.05, 4.69) is 5.32 Å². The van der Waals surface area contributed by atoms with Crippen LogP contribution in [0.3, 0.4) is 0 Å². The summed E-state index contributed by atoms with van der Waals surface area (Å²) in [7, 11) is 0. The minimum absolute atomic E-state index is 0.0231. The van der Waals surface area contributed by atoms with E-state index in [-0.39, 0.29) is 18.3 Å². The van der Waals surface area contributed by atoms with Crippen LogP contribution in [0.25, 0.3) is 0 Å². The number of carboxylic acids is 2. The molecule has 0 aliphatic heterocycles. The van der Waals surface area contributed by atoms with E-state index in [4.69, 9.17) is 24.5 Å². The lowest BCUT2D eigenvalue weighted by Crippen LogP contribution is -2.22. The first kappa shape index (κ1) is 29.6. The first-order valence-electron chi connectivity index (χ1n) is 11.2. The molecule has 10 heteroatoms. The zero-order chi connectivity index (χ0) is 26.1. The molecular weight excluding hydrogens is 458 g/mol. The number of rotatable bonds is 13. The van der Waals surface area contributed by atoms with Gasteiger partial charge in [-0.05, 0) is 42.6 Å². The highest BCUT2D eigenvalue weighted by molar-refractivity contribution is 6.27. The Hall–Kier alpha value is -3.47. The fraction of sp³-hybridized carbons (Fsp3) is 0.400. The van der Waals surface area contributed by atoms with E-state index in [1.165, 1.54) is 6.07 Å². The van der Waals surface area contributed by atoms with E-state index in [0.717, 1.165) is 37.8 Å². The number of carboxylic acid groups (broad SMARTS) is 2. The lowest BCUT2D eigenvalue weighted by Gasteiger charge is -2.14. The number of aliphatic hydroxyl groups is 2. The summed E-state index contributed by atoms with van der Waals surface area (Å²) in [5.41, 5.74) is 2.21. The van der Waals surface area contributed by atoms with E-state index in [0.29, 0.717) is 30.7 Å². The van der Waals surface area contributed by atoms with Gasteiger partial charge >= 0.3 is 17.9 Å². The quantitative estimate of drug-likeness (QED) is 0.138. The van der Waals surface area contributed by atoms with Crippen molar-refractivity contribution in [2.75, 3.05) is 19.7 Å². The van der Waals surface area contributed by atoms with Crippen molar-refractivity contribution in [3.8, 4) is 5.75 Å². The number of unbranched alkanes of at least 4 members (excludes halogenated alkanes) is 2. The Kier molecular flexibility index (Phi) is 14.4. The molecule has 0 fully saturated rings. The summed E-state index contributed by atoms with van der Waals surface area (Å²) in [5.74, 6) is -3.78. The molecule has 35 heavy (non-hydrogen) atoms. The molecule has 0 aliphatic carbocycles. The van der Waals surface area contributed by atoms with Gasteiger partial charge in [-0.1, -0.05) is 42.8 Å². The summed E-state index contributed by atoms with van der Waals surface area (Å²) in [6.45, 7) is 1.27. The average Bonchev–Trinajstić information content (AvgIpc) is 2.84. The van der Waals surface area contributed by atoms with Crippen LogP contribution >= 0.6 is 0 Å². The van der Waals surface area contributed by atoms with Crippen LogP contribution in [0.1, 0.15) is 48.5 Å². The van der Waals surface area contributed by atoms with Crippen LogP contribution in [0.2, 0.25) is 0 Å². The van der Waals surface area contributed by atoms with Crippen LogP contribution in [0.5, 0.6) is 5.75 Å². The Morgan fingerprint density at radius 1 is 0.943 bits per heavy atom. The molecular formula is C25H33NO9. The van der Waals surface area contributed by atoms with E-state index >= 15 is 0 Å². The van der Waals surface area contributed by atoms with Crippen molar-refractivity contribution in [3.05, 3.63) is 65.2 Å². The number of carbonyl (C=O) groups excluding carboxylic acids is 1. The third-order valence-electron chi connectivity index (χ3n) is 4.91. The van der Waals surface area contributed by atoms with E-state index in [1.54, 1.807) is 12.1 Å². The molecule has 1 unspecified atom stereocenters. The number of nitrogens with one attached hydrogen (secondary N) is 1. The first-order valence-corrected chi connectivity index (χ1v) is 11.2. The molecule has 6 N–H and O–H groups in total. The summed E-state index contributed by atoms with van der Waals surface area (Å²) in [4.78, 5) is 29.9. The Morgan fingerprint density at radius 3 is 2.26 bits per heavy atom. The van der Waals surface area contributed by atoms with Gasteiger partial charge in [0.05, 0.1) is 19.3 Å². The molecule has 0 saturated heterocycles. The number of carbonyl (C=O) groups is 3. The standard InChI is InChI=1S/C23H31NO5.C2H2O4/c25-17-20-15-19(10-11-21(20)26)22(27)16-24-13-6-2-5-9-23(28)29-14-12-18-7-3-1-4-8-18;3-1(4)2(5)6/h1,3-4,7-8,10-11,15,22,24-27H,2,5-6,9,12-14,16-17H2;(H,3,4)(H,5,6). The maximum atomic E-state index is 11.7. The van der Waals surface area contributed by atoms with Crippen LogP contribution in [-0.4, -0.2) is 63.1 Å². The highest BCUT2D eigenvalue weighted by Gasteiger charge is 2.10. The predicted molar refractivity (Wildman–Crippen MR) is 127 cm³/mol. The number of aliphatic carboxylic acids is 2. The van der Waals surface area contributed by atoms with Crippen LogP contribution in [0.15, 0.2) is 48.5 Å². The van der Waals surface area contributed by atoms with Gasteiger partial charge in [0.15, 0.2) is 0 Å². The van der Waals surface area contributed by atoms with Crippen molar-refractivity contribution in [2.45, 2.75) is 44.8 Å². The average molecular weight is 492 g/mol. The van der Waals surface area contributed by atoms with E-state index in [9.17, 15) is 20.1 Å². The molecule has 192 valence electrons. The number of aliphatic hydroxyl groups excluding tert-OH is 2. The topological polar surface area (TPSA) is 174 Å². The van der Waals surface area contributed by atoms with E-state index < -0.39 is 18.0 Å². The van der Waals surface area contributed by atoms with Gasteiger partial charge in [0, 0.05) is 24.9 Å². The maximum Gasteiger partial charge on any atom is 0.414 e. The van der Waals surface area contributed by atoms with Crippen LogP contribution < -0.4 is 5.32 Å². The number of esters is 1. The third kappa shape index (κ3) is 13.1. The number of phenols is 1. The molecule has 0 amide bonds. The zero-order valence-corrected chi connectivity index (χ0v) is 19.4. The Balaban J connectivity index is 0.000000905. The van der Waals surface area contributed by atoms with Gasteiger partial charge in [-0.25, -0.2) is 9.59 Å². The maximum absolute atomic E-state index is 11.7. The molecule has 0 aromatic heterocycles. The lowest BCUT2D eigenvalue weighted by molar-refractivity contribution is -0.159. The lowest BCUT2D eigenvalue weighted by atomic mass is 10.1. The third-order valence-corrected chi connectivity index (χ3v) is 4.91. The zero-order valence-electron chi connectivity index (χ0n) is 19.4. The molecule has 2 rings (SSSR count). The second-order valence-corrected chi connectivity index (χ2v) is 7.64. The summed E-state index contributed by atoms with van der Waals surface area (Å²) in [6, 6.07) is 14.7. The number of benzene rings is 2. The highest BCUT2D eigenvalue weighted by Crippen LogP contribution is 2.22. The van der Waals surface area contributed by atoms with Crippen LogP contribution in [0, 0.1) is 0 Å². The van der Waals surface area contributed by atoms with Crippen LogP contribution in [0.4, 0.5) is 0 Å². The monoisotopic (exact) mass is 491 g/mol. The molecule has 1 atom stereocenters. The van der Waals surface area contributed by atoms with Gasteiger partial charge in [0.25, 0.3) is 0 Å². The first-order chi connectivity index (χ1) is 16.7. The van der Waals surface area contributed by atoms with Crippen molar-refractivity contribution in [1.82, 2.24) is 5.32 Å². The predicted octanol–water partition coefficient (Wildman–Crippen LogP) is 2.01. The fourth-order valence-corrected chi connectivity index (χ4v) is 2.99. The molecule has 0 spiro atoms. The summed E-state index contributed by atoms with van der Waals surface area (Å²) in [6.07, 6.45) is 3.05. The van der Waals surface area contributed by atoms with Gasteiger partial charge in [-0.3, -0.25) is 4.79 Å². The number of hydrogen-bond acceptors (Lipinski definition) is 8.